The van der Waals surface area contributed by atoms with E-state index in [-0.39, 0.29) is 22.7 Å². The minimum absolute atomic E-state index is 0. The Morgan fingerprint density at radius 2 is 2.07 bits per heavy atom. The lowest BCUT2D eigenvalue weighted by Gasteiger charge is -1.94. The fourth-order valence-electron chi connectivity index (χ4n) is 1.31. The largest absolute Gasteiger partial charge is 0.505 e. The Balaban J connectivity index is 0.000000980. The molecule has 2 rings (SSSR count). The summed E-state index contributed by atoms with van der Waals surface area (Å²) in [7, 11) is 0. The van der Waals surface area contributed by atoms with Crippen molar-refractivity contribution in [2.45, 2.75) is 6.54 Å². The molecule has 0 saturated carbocycles. The molecule has 0 bridgehead atoms. The van der Waals surface area contributed by atoms with Crippen LogP contribution in [-0.4, -0.2) is 10.1 Å². The molecule has 0 aliphatic rings. The second-order valence-corrected chi connectivity index (χ2v) is 2.89. The maximum Gasteiger partial charge on any atom is 0.165 e. The van der Waals surface area contributed by atoms with Gasteiger partial charge >= 0.3 is 0 Å². The van der Waals surface area contributed by atoms with Crippen LogP contribution in [0.1, 0.15) is 5.69 Å². The van der Waals surface area contributed by atoms with E-state index in [0.29, 0.717) is 12.1 Å². The van der Waals surface area contributed by atoms with Crippen molar-refractivity contribution in [1.29, 1.82) is 0 Å². The summed E-state index contributed by atoms with van der Waals surface area (Å²) in [5.74, 6) is -0.965. The van der Waals surface area contributed by atoms with E-state index in [1.807, 2.05) is 0 Å². The van der Waals surface area contributed by atoms with Gasteiger partial charge < -0.3 is 15.8 Å². The molecular weight excluding hydrogens is 251 g/mol. The van der Waals surface area contributed by atoms with Crippen molar-refractivity contribution >= 4 is 27.9 Å². The number of hydrogen-bond donors (Lipinski definition) is 3. The van der Waals surface area contributed by atoms with Crippen molar-refractivity contribution in [2.24, 2.45) is 5.73 Å². The van der Waals surface area contributed by atoms with Gasteiger partial charge in [0.15, 0.2) is 11.6 Å². The molecule has 5 heteroatoms. The first-order valence-corrected chi connectivity index (χ1v) is 3.91. The van der Waals surface area contributed by atoms with E-state index in [2.05, 4.69) is 4.98 Å². The average molecular weight is 261 g/mol. The average Bonchev–Trinajstić information content (AvgIpc) is 2.48. The van der Waals surface area contributed by atoms with Gasteiger partial charge in [-0.3, -0.25) is 0 Å². The van der Waals surface area contributed by atoms with Crippen LogP contribution in [-0.2, 0) is 6.54 Å². The Kier molecular flexibility index (Phi) is 3.13. The van der Waals surface area contributed by atoms with Gasteiger partial charge in [0, 0.05) is 29.2 Å². The number of rotatable bonds is 1. The lowest BCUT2D eigenvalue weighted by Crippen LogP contribution is -1.94. The van der Waals surface area contributed by atoms with Crippen LogP contribution in [0.4, 0.5) is 4.39 Å². The van der Waals surface area contributed by atoms with Crippen molar-refractivity contribution in [3.63, 3.8) is 0 Å². The fraction of sp³-hybridized carbons (Fsp3) is 0.111. The number of H-pyrrole nitrogens is 1. The van der Waals surface area contributed by atoms with Gasteiger partial charge in [0.05, 0.1) is 0 Å². The number of benzene rings is 1. The van der Waals surface area contributed by atoms with Gasteiger partial charge in [0.1, 0.15) is 0 Å². The summed E-state index contributed by atoms with van der Waals surface area (Å²) < 4.78 is 12.9. The number of phenols is 1. The first kappa shape index (κ1) is 11.0. The Morgan fingerprint density at radius 3 is 2.71 bits per heavy atom. The van der Waals surface area contributed by atoms with E-state index in [1.165, 1.54) is 12.1 Å². The number of nitrogens with two attached hydrogens (primary N) is 1. The second-order valence-electron chi connectivity index (χ2n) is 2.89. The molecule has 4 N–H and O–H groups in total. The molecule has 0 unspecified atom stereocenters. The molecule has 1 heterocycles. The Labute approximate surface area is 90.5 Å². The molecule has 0 amide bonds. The monoisotopic (exact) mass is 260 g/mol. The third-order valence-electron chi connectivity index (χ3n) is 1.96. The normalized spacial score (nSPS) is 10.1. The molecule has 0 saturated heterocycles. The summed E-state index contributed by atoms with van der Waals surface area (Å²) in [6.07, 6.45) is 0. The highest BCUT2D eigenvalue weighted by Crippen LogP contribution is 2.23. The van der Waals surface area contributed by atoms with E-state index in [9.17, 15) is 4.39 Å². The van der Waals surface area contributed by atoms with Gasteiger partial charge in [-0.25, -0.2) is 4.39 Å². The molecule has 0 radical (unpaired) electrons. The first-order chi connectivity index (χ1) is 6.20. The van der Waals surface area contributed by atoms with E-state index in [4.69, 9.17) is 10.8 Å². The lowest BCUT2D eigenvalue weighted by atomic mass is 10.2. The smallest absolute Gasteiger partial charge is 0.165 e. The number of aromatic nitrogens is 1. The van der Waals surface area contributed by atoms with Crippen molar-refractivity contribution in [1.82, 2.24) is 4.98 Å². The summed E-state index contributed by atoms with van der Waals surface area (Å²) in [6.45, 7) is 0.372. The molecule has 0 spiro atoms. The van der Waals surface area contributed by atoms with Gasteiger partial charge in [0.2, 0.25) is 0 Å². The molecule has 2 aromatic rings. The van der Waals surface area contributed by atoms with Crippen LogP contribution in [0, 0.1) is 5.82 Å². The summed E-state index contributed by atoms with van der Waals surface area (Å²) >= 11 is 0. The highest BCUT2D eigenvalue weighted by atomic mass is 79.9. The number of hydrogen-bond acceptors (Lipinski definition) is 2. The fourth-order valence-corrected chi connectivity index (χ4v) is 1.31. The van der Waals surface area contributed by atoms with Crippen LogP contribution >= 0.6 is 17.0 Å². The van der Waals surface area contributed by atoms with Crippen molar-refractivity contribution in [3.05, 3.63) is 29.7 Å². The maximum atomic E-state index is 12.9. The topological polar surface area (TPSA) is 62.0 Å². The van der Waals surface area contributed by atoms with Gasteiger partial charge in [-0.1, -0.05) is 0 Å². The first-order valence-electron chi connectivity index (χ1n) is 3.91. The third-order valence-corrected chi connectivity index (χ3v) is 1.96. The molecule has 0 aliphatic heterocycles. The zero-order valence-corrected chi connectivity index (χ0v) is 8.96. The summed E-state index contributed by atoms with van der Waals surface area (Å²) in [6, 6.07) is 4.39. The van der Waals surface area contributed by atoms with Crippen LogP contribution in [0.25, 0.3) is 10.9 Å². The highest BCUT2D eigenvalue weighted by molar-refractivity contribution is 8.93. The van der Waals surface area contributed by atoms with Crippen LogP contribution < -0.4 is 5.73 Å². The molecular formula is C9H10BrFN2O. The molecule has 1 aromatic heterocycles. The Hall–Kier alpha value is -1.07. The standard InChI is InChI=1S/C9H9FN2O.BrH/c10-7-2-5-1-6(4-11)12-8(5)3-9(7)13;/h1-3,12-13H,4,11H2;1H. The molecule has 14 heavy (non-hydrogen) atoms. The Bertz CT molecular complexity index is 416. The molecule has 0 atom stereocenters. The van der Waals surface area contributed by atoms with Gasteiger partial charge in [-0.05, 0) is 12.1 Å². The minimum Gasteiger partial charge on any atom is -0.505 e. The highest BCUT2D eigenvalue weighted by Gasteiger charge is 2.05. The number of phenolic OH excluding ortho intramolecular Hbond substituents is 1. The predicted molar refractivity (Wildman–Crippen MR) is 58.1 cm³/mol. The molecule has 1 aromatic carbocycles. The summed E-state index contributed by atoms with van der Waals surface area (Å²) in [5, 5.41) is 9.79. The Morgan fingerprint density at radius 1 is 1.36 bits per heavy atom. The zero-order valence-electron chi connectivity index (χ0n) is 7.25. The van der Waals surface area contributed by atoms with Crippen molar-refractivity contribution < 1.29 is 9.50 Å². The van der Waals surface area contributed by atoms with Crippen LogP contribution in [0.5, 0.6) is 5.75 Å². The number of nitrogens with one attached hydrogen (secondary N) is 1. The van der Waals surface area contributed by atoms with Gasteiger partial charge in [-0.2, -0.15) is 0 Å². The minimum atomic E-state index is -0.616. The molecule has 3 nitrogen and oxygen atoms in total. The summed E-state index contributed by atoms with van der Waals surface area (Å²) in [4.78, 5) is 2.96. The number of fused-ring (bicyclic) bond motifs is 1. The van der Waals surface area contributed by atoms with Crippen LogP contribution in [0.2, 0.25) is 0 Å². The van der Waals surface area contributed by atoms with Crippen LogP contribution in [0.3, 0.4) is 0 Å². The van der Waals surface area contributed by atoms with Crippen LogP contribution in [0.15, 0.2) is 18.2 Å². The van der Waals surface area contributed by atoms with Crippen molar-refractivity contribution in [2.75, 3.05) is 0 Å². The van der Waals surface area contributed by atoms with E-state index in [0.717, 1.165) is 11.1 Å². The van der Waals surface area contributed by atoms with Gasteiger partial charge in [0.25, 0.3) is 0 Å². The number of aromatic hydroxyl groups is 1. The lowest BCUT2D eigenvalue weighted by molar-refractivity contribution is 0.433. The van der Waals surface area contributed by atoms with E-state index >= 15 is 0 Å². The van der Waals surface area contributed by atoms with E-state index < -0.39 is 5.82 Å². The number of halogens is 2. The number of aromatic amines is 1. The van der Waals surface area contributed by atoms with E-state index in [1.54, 1.807) is 6.07 Å². The summed E-state index contributed by atoms with van der Waals surface area (Å²) in [5.41, 5.74) is 6.92. The molecule has 0 aliphatic carbocycles. The van der Waals surface area contributed by atoms with Gasteiger partial charge in [-0.15, -0.1) is 17.0 Å². The quantitative estimate of drug-likeness (QED) is 0.735. The maximum absolute atomic E-state index is 12.9. The molecule has 76 valence electrons. The predicted octanol–water partition coefficient (Wildman–Crippen LogP) is 2.05. The SMILES string of the molecule is Br.NCc1cc2cc(F)c(O)cc2[nH]1. The zero-order chi connectivity index (χ0) is 9.42. The second kappa shape index (κ2) is 3.98. The van der Waals surface area contributed by atoms with Crippen molar-refractivity contribution in [3.8, 4) is 5.75 Å². The third kappa shape index (κ3) is 1.73. The molecule has 0 fully saturated rings.